The summed E-state index contributed by atoms with van der Waals surface area (Å²) in [7, 11) is 0. The molecule has 2 nitrogen and oxygen atoms in total. The smallest absolute Gasteiger partial charge is 0.131 e. The van der Waals surface area contributed by atoms with E-state index in [1.807, 2.05) is 6.07 Å². The van der Waals surface area contributed by atoms with Crippen LogP contribution in [-0.2, 0) is 6.54 Å². The Balaban J connectivity index is 2.17. The van der Waals surface area contributed by atoms with E-state index in [2.05, 4.69) is 5.32 Å². The molecule has 0 saturated heterocycles. The van der Waals surface area contributed by atoms with Gasteiger partial charge in [-0.2, -0.15) is 5.26 Å². The SMILES string of the molecule is N#Cc1ccc(NCc2c(F)cccc2F)c(Cl)c1. The van der Waals surface area contributed by atoms with Gasteiger partial charge in [-0.1, -0.05) is 17.7 Å². The number of halogens is 3. The summed E-state index contributed by atoms with van der Waals surface area (Å²) in [6.45, 7) is -0.0237. The van der Waals surface area contributed by atoms with Crippen molar-refractivity contribution in [1.29, 1.82) is 5.26 Å². The maximum absolute atomic E-state index is 13.4. The quantitative estimate of drug-likeness (QED) is 0.917. The summed E-state index contributed by atoms with van der Waals surface area (Å²) >= 11 is 5.95. The Hall–Kier alpha value is -2.12. The summed E-state index contributed by atoms with van der Waals surface area (Å²) in [5.74, 6) is -1.23. The molecule has 2 rings (SSSR count). The van der Waals surface area contributed by atoms with E-state index >= 15 is 0 Å². The molecular formula is C14H9ClF2N2. The fraction of sp³-hybridized carbons (Fsp3) is 0.0714. The van der Waals surface area contributed by atoms with Crippen LogP contribution in [0.3, 0.4) is 0 Å². The maximum atomic E-state index is 13.4. The highest BCUT2D eigenvalue weighted by Crippen LogP contribution is 2.24. The van der Waals surface area contributed by atoms with E-state index in [9.17, 15) is 8.78 Å². The van der Waals surface area contributed by atoms with E-state index in [0.29, 0.717) is 16.3 Å². The predicted molar refractivity (Wildman–Crippen MR) is 69.9 cm³/mol. The van der Waals surface area contributed by atoms with Crippen LogP contribution in [-0.4, -0.2) is 0 Å². The molecule has 0 amide bonds. The third-order valence-corrected chi connectivity index (χ3v) is 2.93. The highest BCUT2D eigenvalue weighted by atomic mass is 35.5. The average molecular weight is 279 g/mol. The van der Waals surface area contributed by atoms with Crippen LogP contribution < -0.4 is 5.32 Å². The Morgan fingerprint density at radius 2 is 1.84 bits per heavy atom. The van der Waals surface area contributed by atoms with Gasteiger partial charge in [-0.3, -0.25) is 0 Å². The van der Waals surface area contributed by atoms with Crippen LogP contribution in [0, 0.1) is 23.0 Å². The van der Waals surface area contributed by atoms with Gasteiger partial charge in [-0.15, -0.1) is 0 Å². The predicted octanol–water partition coefficient (Wildman–Crippen LogP) is 4.10. The number of hydrogen-bond donors (Lipinski definition) is 1. The molecule has 2 aromatic carbocycles. The highest BCUT2D eigenvalue weighted by molar-refractivity contribution is 6.33. The van der Waals surface area contributed by atoms with Gasteiger partial charge in [-0.05, 0) is 30.3 Å². The lowest BCUT2D eigenvalue weighted by Crippen LogP contribution is -2.05. The Labute approximate surface area is 114 Å². The summed E-state index contributed by atoms with van der Waals surface area (Å²) in [5, 5.41) is 11.9. The van der Waals surface area contributed by atoms with E-state index in [4.69, 9.17) is 16.9 Å². The Morgan fingerprint density at radius 1 is 1.16 bits per heavy atom. The lowest BCUT2D eigenvalue weighted by molar-refractivity contribution is 0.560. The Kier molecular flexibility index (Phi) is 3.98. The second-order valence-corrected chi connectivity index (χ2v) is 4.27. The summed E-state index contributed by atoms with van der Waals surface area (Å²) in [5.41, 5.74) is 0.888. The monoisotopic (exact) mass is 278 g/mol. The fourth-order valence-electron chi connectivity index (χ4n) is 1.61. The third-order valence-electron chi connectivity index (χ3n) is 2.62. The van der Waals surface area contributed by atoms with Crippen molar-refractivity contribution >= 4 is 17.3 Å². The first-order chi connectivity index (χ1) is 9.11. The third kappa shape index (κ3) is 3.01. The summed E-state index contributed by atoms with van der Waals surface area (Å²) in [6.07, 6.45) is 0. The van der Waals surface area contributed by atoms with E-state index in [0.717, 1.165) is 0 Å². The zero-order chi connectivity index (χ0) is 13.8. The van der Waals surface area contributed by atoms with Crippen LogP contribution in [0.15, 0.2) is 36.4 Å². The second kappa shape index (κ2) is 5.68. The largest absolute Gasteiger partial charge is 0.380 e. The van der Waals surface area contributed by atoms with Crippen molar-refractivity contribution in [3.05, 3.63) is 64.2 Å². The molecule has 0 unspecified atom stereocenters. The summed E-state index contributed by atoms with van der Waals surface area (Å²) in [6, 6.07) is 10.3. The van der Waals surface area contributed by atoms with Crippen LogP contribution in [0.2, 0.25) is 5.02 Å². The standard InChI is InChI=1S/C14H9ClF2N2/c15-11-6-9(7-18)4-5-14(11)19-8-10-12(16)2-1-3-13(10)17/h1-6,19H,8H2. The zero-order valence-electron chi connectivity index (χ0n) is 9.75. The van der Waals surface area contributed by atoms with Crippen molar-refractivity contribution in [3.8, 4) is 6.07 Å². The van der Waals surface area contributed by atoms with Crippen molar-refractivity contribution in [1.82, 2.24) is 0 Å². The molecule has 1 N–H and O–H groups in total. The van der Waals surface area contributed by atoms with Crippen LogP contribution >= 0.6 is 11.6 Å². The van der Waals surface area contributed by atoms with Gasteiger partial charge in [0.25, 0.3) is 0 Å². The number of benzene rings is 2. The van der Waals surface area contributed by atoms with Crippen LogP contribution in [0.4, 0.5) is 14.5 Å². The van der Waals surface area contributed by atoms with Gasteiger partial charge < -0.3 is 5.32 Å². The zero-order valence-corrected chi connectivity index (χ0v) is 10.5. The molecule has 0 aliphatic rings. The first kappa shape index (κ1) is 13.3. The molecule has 0 aliphatic heterocycles. The second-order valence-electron chi connectivity index (χ2n) is 3.86. The minimum absolute atomic E-state index is 0.0237. The Morgan fingerprint density at radius 3 is 2.42 bits per heavy atom. The first-order valence-corrected chi connectivity index (χ1v) is 5.86. The van der Waals surface area contributed by atoms with Gasteiger partial charge in [0.15, 0.2) is 0 Å². The molecular weight excluding hydrogens is 270 g/mol. The summed E-state index contributed by atoms with van der Waals surface area (Å²) in [4.78, 5) is 0. The molecule has 0 aromatic heterocycles. The van der Waals surface area contributed by atoms with Crippen molar-refractivity contribution in [2.45, 2.75) is 6.54 Å². The van der Waals surface area contributed by atoms with Crippen molar-refractivity contribution in [3.63, 3.8) is 0 Å². The molecule has 5 heteroatoms. The fourth-order valence-corrected chi connectivity index (χ4v) is 1.86. The topological polar surface area (TPSA) is 35.8 Å². The van der Waals surface area contributed by atoms with Crippen LogP contribution in [0.1, 0.15) is 11.1 Å². The summed E-state index contributed by atoms with van der Waals surface area (Å²) < 4.78 is 26.8. The van der Waals surface area contributed by atoms with Crippen molar-refractivity contribution in [2.24, 2.45) is 0 Å². The van der Waals surface area contributed by atoms with E-state index in [1.54, 1.807) is 12.1 Å². The maximum Gasteiger partial charge on any atom is 0.131 e. The number of hydrogen-bond acceptors (Lipinski definition) is 2. The van der Waals surface area contributed by atoms with E-state index in [-0.39, 0.29) is 12.1 Å². The van der Waals surface area contributed by atoms with Crippen molar-refractivity contribution in [2.75, 3.05) is 5.32 Å². The van der Waals surface area contributed by atoms with Crippen LogP contribution in [0.5, 0.6) is 0 Å². The molecule has 0 fully saturated rings. The van der Waals surface area contributed by atoms with Gasteiger partial charge in [-0.25, -0.2) is 8.78 Å². The molecule has 0 aliphatic carbocycles. The van der Waals surface area contributed by atoms with Gasteiger partial charge in [0.1, 0.15) is 11.6 Å². The highest BCUT2D eigenvalue weighted by Gasteiger charge is 2.09. The molecule has 19 heavy (non-hydrogen) atoms. The molecule has 0 saturated carbocycles. The first-order valence-electron chi connectivity index (χ1n) is 5.48. The number of nitrogens with zero attached hydrogens (tertiary/aromatic N) is 1. The number of nitriles is 1. The molecule has 0 heterocycles. The number of anilines is 1. The molecule has 96 valence electrons. The Bertz CT molecular complexity index is 630. The van der Waals surface area contributed by atoms with E-state index < -0.39 is 11.6 Å². The average Bonchev–Trinajstić information content (AvgIpc) is 2.39. The minimum atomic E-state index is -0.614. The van der Waals surface area contributed by atoms with E-state index in [1.165, 1.54) is 24.3 Å². The van der Waals surface area contributed by atoms with Crippen LogP contribution in [0.25, 0.3) is 0 Å². The molecule has 2 aromatic rings. The molecule has 0 atom stereocenters. The molecule has 0 spiro atoms. The number of rotatable bonds is 3. The van der Waals surface area contributed by atoms with Gasteiger partial charge in [0, 0.05) is 12.1 Å². The molecule has 0 bridgehead atoms. The lowest BCUT2D eigenvalue weighted by atomic mass is 10.2. The lowest BCUT2D eigenvalue weighted by Gasteiger charge is -2.10. The van der Waals surface area contributed by atoms with Gasteiger partial charge in [0.2, 0.25) is 0 Å². The number of nitrogens with one attached hydrogen (secondary N) is 1. The molecule has 0 radical (unpaired) electrons. The van der Waals surface area contributed by atoms with Gasteiger partial charge in [0.05, 0.1) is 22.3 Å². The normalized spacial score (nSPS) is 10.0. The minimum Gasteiger partial charge on any atom is -0.380 e. The van der Waals surface area contributed by atoms with Gasteiger partial charge >= 0.3 is 0 Å². The van der Waals surface area contributed by atoms with Crippen molar-refractivity contribution < 1.29 is 8.78 Å².